The van der Waals surface area contributed by atoms with Gasteiger partial charge < -0.3 is 10.2 Å². The van der Waals surface area contributed by atoms with Crippen molar-refractivity contribution in [3.05, 3.63) is 77.9 Å². The number of halogens is 2. The Kier molecular flexibility index (Phi) is 5.25. The largest absolute Gasteiger partial charge is 0.339 e. The SMILES string of the molecule is O=C(Nc1ccc(F)cc1F)C1CCN(C(=O)c2cccc3ccccc23)CC1. The van der Waals surface area contributed by atoms with Gasteiger partial charge in [-0.3, -0.25) is 9.59 Å². The third-order valence-electron chi connectivity index (χ3n) is 5.36. The first-order valence-corrected chi connectivity index (χ1v) is 9.56. The minimum Gasteiger partial charge on any atom is -0.339 e. The highest BCUT2D eigenvalue weighted by Gasteiger charge is 2.28. The minimum absolute atomic E-state index is 0.0364. The first kappa shape index (κ1) is 19.1. The molecule has 2 amide bonds. The van der Waals surface area contributed by atoms with Crippen LogP contribution < -0.4 is 5.32 Å². The number of rotatable bonds is 3. The monoisotopic (exact) mass is 394 g/mol. The summed E-state index contributed by atoms with van der Waals surface area (Å²) in [5.74, 6) is -2.18. The zero-order chi connectivity index (χ0) is 20.4. The smallest absolute Gasteiger partial charge is 0.254 e. The third-order valence-corrected chi connectivity index (χ3v) is 5.36. The van der Waals surface area contributed by atoms with Crippen LogP contribution in [0.2, 0.25) is 0 Å². The molecule has 0 aliphatic carbocycles. The molecule has 1 N–H and O–H groups in total. The van der Waals surface area contributed by atoms with Crippen LogP contribution in [0, 0.1) is 17.6 Å². The molecule has 1 fully saturated rings. The molecule has 3 aromatic rings. The molecule has 148 valence electrons. The van der Waals surface area contributed by atoms with Gasteiger partial charge in [-0.05, 0) is 41.8 Å². The second-order valence-corrected chi connectivity index (χ2v) is 7.21. The van der Waals surface area contributed by atoms with Crippen LogP contribution in [-0.4, -0.2) is 29.8 Å². The van der Waals surface area contributed by atoms with Crippen LogP contribution in [-0.2, 0) is 4.79 Å². The van der Waals surface area contributed by atoms with Crippen molar-refractivity contribution in [1.29, 1.82) is 0 Å². The van der Waals surface area contributed by atoms with Crippen molar-refractivity contribution >= 4 is 28.3 Å². The van der Waals surface area contributed by atoms with Crippen LogP contribution in [0.25, 0.3) is 10.8 Å². The van der Waals surface area contributed by atoms with E-state index in [1.807, 2.05) is 42.5 Å². The summed E-state index contributed by atoms with van der Waals surface area (Å²) in [5, 5.41) is 4.44. The highest BCUT2D eigenvalue weighted by atomic mass is 19.1. The van der Waals surface area contributed by atoms with Gasteiger partial charge in [0.25, 0.3) is 5.91 Å². The molecule has 3 aromatic carbocycles. The number of anilines is 1. The van der Waals surface area contributed by atoms with Gasteiger partial charge in [0.2, 0.25) is 5.91 Å². The van der Waals surface area contributed by atoms with Crippen LogP contribution in [0.15, 0.2) is 60.7 Å². The van der Waals surface area contributed by atoms with Crippen molar-refractivity contribution in [1.82, 2.24) is 4.90 Å². The number of likely N-dealkylation sites (tertiary alicyclic amines) is 1. The molecule has 6 heteroatoms. The zero-order valence-electron chi connectivity index (χ0n) is 15.7. The number of nitrogens with zero attached hydrogens (tertiary/aromatic N) is 1. The van der Waals surface area contributed by atoms with Crippen LogP contribution in [0.5, 0.6) is 0 Å². The normalized spacial score (nSPS) is 14.8. The number of carbonyl (C=O) groups excluding carboxylic acids is 2. The van der Waals surface area contributed by atoms with Crippen molar-refractivity contribution < 1.29 is 18.4 Å². The van der Waals surface area contributed by atoms with Gasteiger partial charge in [-0.15, -0.1) is 0 Å². The summed E-state index contributed by atoms with van der Waals surface area (Å²) in [7, 11) is 0. The standard InChI is InChI=1S/C23H20F2N2O2/c24-17-8-9-21(20(25)14-17)26-22(28)16-10-12-27(13-11-16)23(29)19-7-3-5-15-4-1-2-6-18(15)19/h1-9,14,16H,10-13H2,(H,26,28). The topological polar surface area (TPSA) is 49.4 Å². The summed E-state index contributed by atoms with van der Waals surface area (Å²) >= 11 is 0. The van der Waals surface area contributed by atoms with Crippen molar-refractivity contribution in [3.8, 4) is 0 Å². The van der Waals surface area contributed by atoms with E-state index in [9.17, 15) is 18.4 Å². The number of fused-ring (bicyclic) bond motifs is 1. The van der Waals surface area contributed by atoms with Gasteiger partial charge >= 0.3 is 0 Å². The molecule has 4 rings (SSSR count). The number of hydrogen-bond acceptors (Lipinski definition) is 2. The van der Waals surface area contributed by atoms with Gasteiger partial charge in [0.1, 0.15) is 11.6 Å². The molecule has 0 atom stereocenters. The van der Waals surface area contributed by atoms with E-state index in [1.54, 1.807) is 4.90 Å². The molecule has 4 nitrogen and oxygen atoms in total. The van der Waals surface area contributed by atoms with E-state index in [-0.39, 0.29) is 23.4 Å². The van der Waals surface area contributed by atoms with Crippen LogP contribution in [0.3, 0.4) is 0 Å². The number of hydrogen-bond donors (Lipinski definition) is 1. The second kappa shape index (κ2) is 7.99. The Morgan fingerprint density at radius 2 is 1.66 bits per heavy atom. The van der Waals surface area contributed by atoms with Crippen molar-refractivity contribution in [2.24, 2.45) is 5.92 Å². The molecule has 1 aliphatic heterocycles. The van der Waals surface area contributed by atoms with Gasteiger partial charge in [-0.1, -0.05) is 36.4 Å². The lowest BCUT2D eigenvalue weighted by Crippen LogP contribution is -2.41. The summed E-state index contributed by atoms with van der Waals surface area (Å²) in [6.45, 7) is 0.901. The summed E-state index contributed by atoms with van der Waals surface area (Å²) in [6.07, 6.45) is 0.982. The lowest BCUT2D eigenvalue weighted by atomic mass is 9.94. The van der Waals surface area contributed by atoms with E-state index in [0.717, 1.165) is 22.9 Å². The average Bonchev–Trinajstić information content (AvgIpc) is 2.75. The fraction of sp³-hybridized carbons (Fsp3) is 0.217. The molecule has 0 radical (unpaired) electrons. The van der Waals surface area contributed by atoms with Gasteiger partial charge in [0, 0.05) is 30.6 Å². The predicted molar refractivity (Wildman–Crippen MR) is 108 cm³/mol. The Balaban J connectivity index is 1.41. The van der Waals surface area contributed by atoms with Gasteiger partial charge in [0.15, 0.2) is 0 Å². The van der Waals surface area contributed by atoms with Crippen molar-refractivity contribution in [3.63, 3.8) is 0 Å². The molecular weight excluding hydrogens is 374 g/mol. The molecule has 1 saturated heterocycles. The first-order valence-electron chi connectivity index (χ1n) is 9.56. The quantitative estimate of drug-likeness (QED) is 0.705. The molecule has 0 bridgehead atoms. The molecule has 0 saturated carbocycles. The number of carbonyl (C=O) groups is 2. The van der Waals surface area contributed by atoms with Gasteiger partial charge in [-0.25, -0.2) is 8.78 Å². The van der Waals surface area contributed by atoms with Gasteiger partial charge in [0.05, 0.1) is 5.69 Å². The molecule has 0 spiro atoms. The molecule has 1 aliphatic rings. The van der Waals surface area contributed by atoms with E-state index in [2.05, 4.69) is 5.32 Å². The highest BCUT2D eigenvalue weighted by molar-refractivity contribution is 6.07. The van der Waals surface area contributed by atoms with E-state index in [4.69, 9.17) is 0 Å². The van der Waals surface area contributed by atoms with Gasteiger partial charge in [-0.2, -0.15) is 0 Å². The van der Waals surface area contributed by atoms with E-state index in [0.29, 0.717) is 31.5 Å². The molecule has 1 heterocycles. The van der Waals surface area contributed by atoms with Crippen molar-refractivity contribution in [2.75, 3.05) is 18.4 Å². The van der Waals surface area contributed by atoms with E-state index < -0.39 is 11.6 Å². The lowest BCUT2D eigenvalue weighted by molar-refractivity contribution is -0.121. The summed E-state index contributed by atoms with van der Waals surface area (Å²) in [5.41, 5.74) is 0.616. The number of amides is 2. The zero-order valence-corrected chi connectivity index (χ0v) is 15.7. The Hall–Kier alpha value is -3.28. The second-order valence-electron chi connectivity index (χ2n) is 7.21. The average molecular weight is 394 g/mol. The summed E-state index contributed by atoms with van der Waals surface area (Å²) < 4.78 is 26.8. The molecular formula is C23H20F2N2O2. The molecule has 0 aromatic heterocycles. The minimum atomic E-state index is -0.804. The number of benzene rings is 3. The maximum absolute atomic E-state index is 13.8. The summed E-state index contributed by atoms with van der Waals surface area (Å²) in [4.78, 5) is 27.2. The Labute approximate surface area is 167 Å². The van der Waals surface area contributed by atoms with Crippen molar-refractivity contribution in [2.45, 2.75) is 12.8 Å². The highest BCUT2D eigenvalue weighted by Crippen LogP contribution is 2.25. The lowest BCUT2D eigenvalue weighted by Gasteiger charge is -2.31. The van der Waals surface area contributed by atoms with Crippen LogP contribution >= 0.6 is 0 Å². The van der Waals surface area contributed by atoms with Crippen LogP contribution in [0.1, 0.15) is 23.2 Å². The number of nitrogens with one attached hydrogen (secondary N) is 1. The first-order chi connectivity index (χ1) is 14.0. The van der Waals surface area contributed by atoms with E-state index in [1.165, 1.54) is 6.07 Å². The third kappa shape index (κ3) is 3.97. The molecule has 0 unspecified atom stereocenters. The maximum atomic E-state index is 13.8. The molecule has 29 heavy (non-hydrogen) atoms. The maximum Gasteiger partial charge on any atom is 0.254 e. The van der Waals surface area contributed by atoms with Crippen LogP contribution in [0.4, 0.5) is 14.5 Å². The Morgan fingerprint density at radius 1 is 0.931 bits per heavy atom. The predicted octanol–water partition coefficient (Wildman–Crippen LogP) is 4.61. The summed E-state index contributed by atoms with van der Waals surface area (Å²) in [6, 6.07) is 16.4. The number of piperidine rings is 1. The van der Waals surface area contributed by atoms with E-state index >= 15 is 0 Å². The Bertz CT molecular complexity index is 1070. The fourth-order valence-electron chi connectivity index (χ4n) is 3.75. The fourth-order valence-corrected chi connectivity index (χ4v) is 3.75. The Morgan fingerprint density at radius 3 is 2.41 bits per heavy atom.